The van der Waals surface area contributed by atoms with E-state index in [2.05, 4.69) is 4.98 Å². The number of ether oxygens (including phenoxy) is 2. The van der Waals surface area contributed by atoms with Gasteiger partial charge in [0.05, 0.1) is 13.2 Å². The molecule has 1 N–H and O–H groups in total. The Bertz CT molecular complexity index is 750. The smallest absolute Gasteiger partial charge is 0.343 e. The average molecular weight is 299 g/mol. The molecule has 0 saturated carbocycles. The summed E-state index contributed by atoms with van der Waals surface area (Å²) in [7, 11) is 0. The molecule has 0 aliphatic carbocycles. The summed E-state index contributed by atoms with van der Waals surface area (Å²) in [6.07, 6.45) is 0.786. The summed E-state index contributed by atoms with van der Waals surface area (Å²) >= 11 is 0. The van der Waals surface area contributed by atoms with Crippen LogP contribution in [0.1, 0.15) is 34.0 Å². The molecule has 0 radical (unpaired) electrons. The van der Waals surface area contributed by atoms with Crippen LogP contribution in [0.5, 0.6) is 5.75 Å². The van der Waals surface area contributed by atoms with Gasteiger partial charge in [0.15, 0.2) is 0 Å². The number of fused-ring (bicyclic) bond motifs is 1. The Balaban J connectivity index is 1.71. The first kappa shape index (κ1) is 14.4. The highest BCUT2D eigenvalue weighted by atomic mass is 16.5. The largest absolute Gasteiger partial charge is 0.493 e. The fraction of sp³-hybridized carbons (Fsp3) is 0.294. The van der Waals surface area contributed by atoms with Crippen LogP contribution in [0, 0.1) is 6.92 Å². The average Bonchev–Trinajstić information content (AvgIpc) is 2.52. The van der Waals surface area contributed by atoms with Gasteiger partial charge in [-0.2, -0.15) is 0 Å². The number of hydrogen-bond donors (Lipinski definition) is 1. The number of hydrogen-bond acceptors (Lipinski definition) is 4. The zero-order valence-corrected chi connectivity index (χ0v) is 12.3. The number of aryl methyl sites for hydroxylation is 1. The SMILES string of the molecule is Cc1ccc(C(=O)OC[C@H]2CCOc3ccccc32)c(=O)[nH]1. The number of pyridine rings is 1. The van der Waals surface area contributed by atoms with Crippen molar-refractivity contribution < 1.29 is 14.3 Å². The van der Waals surface area contributed by atoms with Crippen LogP contribution in [-0.4, -0.2) is 24.2 Å². The monoisotopic (exact) mass is 299 g/mol. The van der Waals surface area contributed by atoms with Gasteiger partial charge < -0.3 is 14.5 Å². The van der Waals surface area contributed by atoms with Gasteiger partial charge in [0, 0.05) is 17.2 Å². The zero-order chi connectivity index (χ0) is 15.5. The van der Waals surface area contributed by atoms with Gasteiger partial charge in [-0.1, -0.05) is 18.2 Å². The topological polar surface area (TPSA) is 68.4 Å². The Morgan fingerprint density at radius 3 is 2.95 bits per heavy atom. The molecule has 1 atom stereocenters. The quantitative estimate of drug-likeness (QED) is 0.884. The number of rotatable bonds is 3. The Morgan fingerprint density at radius 1 is 1.32 bits per heavy atom. The van der Waals surface area contributed by atoms with E-state index in [0.29, 0.717) is 12.3 Å². The molecule has 5 nitrogen and oxygen atoms in total. The fourth-order valence-electron chi connectivity index (χ4n) is 2.58. The number of H-pyrrole nitrogens is 1. The van der Waals surface area contributed by atoms with Gasteiger partial charge in [0.25, 0.3) is 5.56 Å². The van der Waals surface area contributed by atoms with Gasteiger partial charge in [-0.3, -0.25) is 4.79 Å². The van der Waals surface area contributed by atoms with Crippen molar-refractivity contribution in [2.45, 2.75) is 19.3 Å². The van der Waals surface area contributed by atoms with Crippen LogP contribution in [0.25, 0.3) is 0 Å². The van der Waals surface area contributed by atoms with Crippen molar-refractivity contribution in [1.29, 1.82) is 0 Å². The van der Waals surface area contributed by atoms with E-state index in [1.807, 2.05) is 24.3 Å². The van der Waals surface area contributed by atoms with Gasteiger partial charge >= 0.3 is 5.97 Å². The van der Waals surface area contributed by atoms with Crippen molar-refractivity contribution in [3.05, 3.63) is 63.6 Å². The molecule has 0 saturated heterocycles. The number of esters is 1. The van der Waals surface area contributed by atoms with Crippen LogP contribution in [0.3, 0.4) is 0 Å². The van der Waals surface area contributed by atoms with Crippen LogP contribution in [0.4, 0.5) is 0 Å². The molecule has 0 amide bonds. The molecule has 2 heterocycles. The highest BCUT2D eigenvalue weighted by molar-refractivity contribution is 5.88. The summed E-state index contributed by atoms with van der Waals surface area (Å²) in [6, 6.07) is 10.9. The highest BCUT2D eigenvalue weighted by Crippen LogP contribution is 2.33. The molecule has 1 aliphatic rings. The van der Waals surface area contributed by atoms with Gasteiger partial charge in [0.1, 0.15) is 11.3 Å². The summed E-state index contributed by atoms with van der Waals surface area (Å²) < 4.78 is 10.9. The predicted octanol–water partition coefficient (Wildman–Crippen LogP) is 2.41. The summed E-state index contributed by atoms with van der Waals surface area (Å²) in [5.74, 6) is 0.339. The van der Waals surface area contributed by atoms with E-state index in [1.165, 1.54) is 6.07 Å². The molecule has 0 spiro atoms. The Kier molecular flexibility index (Phi) is 3.96. The Hall–Kier alpha value is -2.56. The minimum Gasteiger partial charge on any atom is -0.493 e. The molecular weight excluding hydrogens is 282 g/mol. The molecule has 1 aromatic carbocycles. The van der Waals surface area contributed by atoms with Crippen molar-refractivity contribution in [3.8, 4) is 5.75 Å². The van der Waals surface area contributed by atoms with E-state index in [9.17, 15) is 9.59 Å². The maximum Gasteiger partial charge on any atom is 0.343 e. The van der Waals surface area contributed by atoms with Gasteiger partial charge in [-0.15, -0.1) is 0 Å². The number of benzene rings is 1. The maximum atomic E-state index is 12.1. The van der Waals surface area contributed by atoms with E-state index in [1.54, 1.807) is 13.0 Å². The first-order valence-corrected chi connectivity index (χ1v) is 7.24. The first-order valence-electron chi connectivity index (χ1n) is 7.24. The van der Waals surface area contributed by atoms with E-state index < -0.39 is 11.5 Å². The van der Waals surface area contributed by atoms with Crippen LogP contribution >= 0.6 is 0 Å². The highest BCUT2D eigenvalue weighted by Gasteiger charge is 2.23. The van der Waals surface area contributed by atoms with Gasteiger partial charge in [-0.25, -0.2) is 4.79 Å². The molecule has 22 heavy (non-hydrogen) atoms. The van der Waals surface area contributed by atoms with E-state index in [0.717, 1.165) is 17.7 Å². The minimum atomic E-state index is -0.592. The van der Waals surface area contributed by atoms with Gasteiger partial charge in [0.2, 0.25) is 0 Å². The maximum absolute atomic E-state index is 12.1. The third kappa shape index (κ3) is 2.88. The van der Waals surface area contributed by atoms with Gasteiger partial charge in [-0.05, 0) is 31.5 Å². The summed E-state index contributed by atoms with van der Waals surface area (Å²) in [4.78, 5) is 26.4. The molecule has 1 aromatic heterocycles. The second-order valence-corrected chi connectivity index (χ2v) is 5.35. The second-order valence-electron chi connectivity index (χ2n) is 5.35. The number of para-hydroxylation sites is 1. The van der Waals surface area contributed by atoms with E-state index in [-0.39, 0.29) is 18.1 Å². The number of carbonyl (C=O) groups excluding carboxylic acids is 1. The normalized spacial score (nSPS) is 16.5. The lowest BCUT2D eigenvalue weighted by molar-refractivity contribution is 0.0457. The van der Waals surface area contributed by atoms with E-state index in [4.69, 9.17) is 9.47 Å². The Labute approximate surface area is 127 Å². The van der Waals surface area contributed by atoms with Crippen LogP contribution in [-0.2, 0) is 4.74 Å². The van der Waals surface area contributed by atoms with Crippen molar-refractivity contribution in [2.75, 3.05) is 13.2 Å². The zero-order valence-electron chi connectivity index (χ0n) is 12.3. The number of nitrogens with one attached hydrogen (secondary N) is 1. The Morgan fingerprint density at radius 2 is 2.14 bits per heavy atom. The molecule has 0 fully saturated rings. The predicted molar refractivity (Wildman–Crippen MR) is 81.4 cm³/mol. The number of aromatic nitrogens is 1. The molecule has 3 rings (SSSR count). The molecule has 0 unspecified atom stereocenters. The van der Waals surface area contributed by atoms with Crippen molar-refractivity contribution >= 4 is 5.97 Å². The number of carbonyl (C=O) groups is 1. The third-order valence-electron chi connectivity index (χ3n) is 3.77. The molecule has 114 valence electrons. The molecule has 1 aliphatic heterocycles. The van der Waals surface area contributed by atoms with Crippen LogP contribution < -0.4 is 10.3 Å². The number of aromatic amines is 1. The van der Waals surface area contributed by atoms with Crippen LogP contribution in [0.2, 0.25) is 0 Å². The van der Waals surface area contributed by atoms with Crippen molar-refractivity contribution in [3.63, 3.8) is 0 Å². The lowest BCUT2D eigenvalue weighted by Gasteiger charge is -2.25. The molecular formula is C17H17NO4. The lowest BCUT2D eigenvalue weighted by Crippen LogP contribution is -2.23. The van der Waals surface area contributed by atoms with E-state index >= 15 is 0 Å². The van der Waals surface area contributed by atoms with Crippen molar-refractivity contribution in [2.24, 2.45) is 0 Å². The molecule has 5 heteroatoms. The second kappa shape index (κ2) is 6.05. The standard InChI is InChI=1S/C17H17NO4/c1-11-6-7-14(16(19)18-11)17(20)22-10-12-8-9-21-15-5-3-2-4-13(12)15/h2-7,12H,8-10H2,1H3,(H,18,19)/t12-/m1/s1. The minimum absolute atomic E-state index is 0.0333. The summed E-state index contributed by atoms with van der Waals surface area (Å²) in [6.45, 7) is 2.60. The summed E-state index contributed by atoms with van der Waals surface area (Å²) in [5.41, 5.74) is 1.36. The third-order valence-corrected chi connectivity index (χ3v) is 3.77. The van der Waals surface area contributed by atoms with Crippen molar-refractivity contribution in [1.82, 2.24) is 4.98 Å². The molecule has 0 bridgehead atoms. The first-order chi connectivity index (χ1) is 10.6. The van der Waals surface area contributed by atoms with Crippen LogP contribution in [0.15, 0.2) is 41.2 Å². The molecule has 2 aromatic rings. The fourth-order valence-corrected chi connectivity index (χ4v) is 2.58. The summed E-state index contributed by atoms with van der Waals surface area (Å²) in [5, 5.41) is 0. The lowest BCUT2D eigenvalue weighted by atomic mass is 9.94.